The molecule has 8 nitrogen and oxygen atoms in total. The Morgan fingerprint density at radius 1 is 0.417 bits per heavy atom. The smallest absolute Gasteiger partial charge is 0.221 e. The van der Waals surface area contributed by atoms with E-state index in [9.17, 15) is 9.59 Å². The normalized spacial score (nSPS) is 11.9. The van der Waals surface area contributed by atoms with E-state index in [0.717, 1.165) is 70.6 Å². The first-order valence-corrected chi connectivity index (χ1v) is 19.3. The highest BCUT2D eigenvalue weighted by Gasteiger charge is 2.21. The molecule has 0 aliphatic heterocycles. The highest BCUT2D eigenvalue weighted by atomic mass is 32.1. The number of rotatable bonds is 6. The van der Waals surface area contributed by atoms with E-state index in [4.69, 9.17) is 19.9 Å². The van der Waals surface area contributed by atoms with E-state index in [-0.39, 0.29) is 11.6 Å². The molecule has 0 unspecified atom stereocenters. The van der Waals surface area contributed by atoms with Gasteiger partial charge in [0.25, 0.3) is 0 Å². The largest absolute Gasteiger partial charge is 0.286 e. The molecule has 14 heteroatoms. The van der Waals surface area contributed by atoms with Gasteiger partial charge >= 0.3 is 0 Å². The van der Waals surface area contributed by atoms with Crippen LogP contribution in [0.4, 0.5) is 0 Å². The van der Waals surface area contributed by atoms with E-state index in [1.165, 1.54) is 45.3 Å². The fraction of sp³-hybridized carbons (Fsp3) is 0. The summed E-state index contributed by atoms with van der Waals surface area (Å²) in [6.07, 6.45) is 0. The van der Waals surface area contributed by atoms with Crippen LogP contribution in [0.3, 0.4) is 0 Å². The quantitative estimate of drug-likeness (QED) is 0.156. The number of hydrogen-bond donors (Lipinski definition) is 0. The highest BCUT2D eigenvalue weighted by molar-refractivity contribution is 7.32. The third kappa shape index (κ3) is 4.71. The Morgan fingerprint density at radius 2 is 0.812 bits per heavy atom. The molecule has 6 aromatic heterocycles. The SMILES string of the molecule is O=C(c1ccccc1)c1nc2sc(-c3nc4cc5cc6sc(-c7nc8sc(C(=O)c9ccccc9)nc8s7)nc6cc5cc4s3)nc2s1. The molecule has 0 bridgehead atoms. The Morgan fingerprint density at radius 3 is 1.23 bits per heavy atom. The molecule has 0 aliphatic rings. The van der Waals surface area contributed by atoms with Crippen molar-refractivity contribution >= 4 is 130 Å². The summed E-state index contributed by atoms with van der Waals surface area (Å²) in [5.41, 5.74) is 3.06. The van der Waals surface area contributed by atoms with Crippen molar-refractivity contribution in [3.05, 3.63) is 106 Å². The minimum absolute atomic E-state index is 0.0881. The molecule has 0 amide bonds. The monoisotopic (exact) mass is 730 g/mol. The molecule has 0 atom stereocenters. The summed E-state index contributed by atoms with van der Waals surface area (Å²) in [7, 11) is 0. The zero-order valence-electron chi connectivity index (χ0n) is 24.0. The summed E-state index contributed by atoms with van der Waals surface area (Å²) in [6, 6.07) is 26.9. The molecule has 0 spiro atoms. The van der Waals surface area contributed by atoms with Gasteiger partial charge in [-0.25, -0.2) is 29.9 Å². The number of carbonyl (C=O) groups is 2. The standard InChI is InChI=1S/C34H14N6O2S6/c41-23(15-7-3-1-4-8-15)25-37-31-33(45-25)39-29(47-31)27-35-19-11-17-14-22-20(12-18(17)13-21(19)43-27)36-28(44-22)30-40-34-32(48-30)38-26(46-34)24(42)16-9-5-2-6-10-16/h1-14H. The Hall–Kier alpha value is -4.70. The Kier molecular flexibility index (Phi) is 6.44. The third-order valence-electron chi connectivity index (χ3n) is 7.63. The molecule has 0 N–H and O–H groups in total. The predicted molar refractivity (Wildman–Crippen MR) is 199 cm³/mol. The van der Waals surface area contributed by atoms with Gasteiger partial charge in [-0.15, -0.1) is 22.7 Å². The van der Waals surface area contributed by atoms with Crippen LogP contribution < -0.4 is 0 Å². The van der Waals surface area contributed by atoms with Crippen molar-refractivity contribution in [3.63, 3.8) is 0 Å². The van der Waals surface area contributed by atoms with Gasteiger partial charge in [0, 0.05) is 11.1 Å². The van der Waals surface area contributed by atoms with Crippen LogP contribution in [0.5, 0.6) is 0 Å². The van der Waals surface area contributed by atoms with Crippen molar-refractivity contribution in [1.82, 2.24) is 29.9 Å². The molecule has 6 heterocycles. The number of nitrogens with zero attached hydrogens (tertiary/aromatic N) is 6. The van der Waals surface area contributed by atoms with Crippen molar-refractivity contribution in [2.75, 3.05) is 0 Å². The minimum Gasteiger partial charge on any atom is -0.286 e. The predicted octanol–water partition coefficient (Wildman–Crippen LogP) is 9.99. The van der Waals surface area contributed by atoms with Crippen LogP contribution in [0.15, 0.2) is 84.9 Å². The molecular weight excluding hydrogens is 717 g/mol. The fourth-order valence-corrected chi connectivity index (χ4v) is 11.4. The molecule has 48 heavy (non-hydrogen) atoms. The second-order valence-corrected chi connectivity index (χ2v) is 16.7. The van der Waals surface area contributed by atoms with E-state index in [2.05, 4.69) is 34.2 Å². The second kappa shape index (κ2) is 10.9. The topological polar surface area (TPSA) is 111 Å². The molecule has 0 radical (unpaired) electrons. The molecule has 10 rings (SSSR count). The Labute approximate surface area is 293 Å². The molecule has 228 valence electrons. The second-order valence-electron chi connectivity index (χ2n) is 10.7. The van der Waals surface area contributed by atoms with Gasteiger partial charge in [-0.05, 0) is 35.0 Å². The molecular formula is C34H14N6O2S6. The number of thiazole rings is 6. The summed E-state index contributed by atoms with van der Waals surface area (Å²) in [4.78, 5) is 57.3. The zero-order valence-corrected chi connectivity index (χ0v) is 28.9. The number of benzene rings is 4. The van der Waals surface area contributed by atoms with Crippen LogP contribution >= 0.6 is 68.0 Å². The molecule has 0 saturated heterocycles. The maximum Gasteiger partial charge on any atom is 0.221 e. The van der Waals surface area contributed by atoms with E-state index < -0.39 is 0 Å². The van der Waals surface area contributed by atoms with Gasteiger partial charge in [-0.3, -0.25) is 9.59 Å². The zero-order chi connectivity index (χ0) is 31.9. The lowest BCUT2D eigenvalue weighted by Gasteiger charge is -1.97. The first-order chi connectivity index (χ1) is 23.5. The van der Waals surface area contributed by atoms with Crippen LogP contribution in [-0.4, -0.2) is 41.5 Å². The highest BCUT2D eigenvalue weighted by Crippen LogP contribution is 2.41. The lowest BCUT2D eigenvalue weighted by molar-refractivity contribution is 0.103. The van der Waals surface area contributed by atoms with E-state index in [1.54, 1.807) is 46.9 Å². The maximum atomic E-state index is 12.9. The summed E-state index contributed by atoms with van der Waals surface area (Å²) < 4.78 is 2.12. The van der Waals surface area contributed by atoms with E-state index in [1.807, 2.05) is 36.4 Å². The van der Waals surface area contributed by atoms with Crippen molar-refractivity contribution in [1.29, 1.82) is 0 Å². The van der Waals surface area contributed by atoms with Crippen molar-refractivity contribution in [2.24, 2.45) is 0 Å². The van der Waals surface area contributed by atoms with Crippen molar-refractivity contribution in [2.45, 2.75) is 0 Å². The Balaban J connectivity index is 0.944. The van der Waals surface area contributed by atoms with Crippen LogP contribution in [0.1, 0.15) is 30.7 Å². The average Bonchev–Trinajstić information content (AvgIpc) is 3.95. The van der Waals surface area contributed by atoms with Crippen molar-refractivity contribution in [3.8, 4) is 20.0 Å². The maximum absolute atomic E-state index is 12.9. The minimum atomic E-state index is -0.0881. The summed E-state index contributed by atoms with van der Waals surface area (Å²) in [5, 5.41) is 6.33. The van der Waals surface area contributed by atoms with Gasteiger partial charge in [-0.2, -0.15) is 0 Å². The number of hydrogen-bond acceptors (Lipinski definition) is 14. The lowest BCUT2D eigenvalue weighted by atomic mass is 10.1. The first kappa shape index (κ1) is 28.3. The Bertz CT molecular complexity index is 2570. The van der Waals surface area contributed by atoms with E-state index >= 15 is 0 Å². The summed E-state index contributed by atoms with van der Waals surface area (Å²) in [6.45, 7) is 0. The van der Waals surface area contributed by atoms with Gasteiger partial charge < -0.3 is 0 Å². The first-order valence-electron chi connectivity index (χ1n) is 14.4. The fourth-order valence-electron chi connectivity index (χ4n) is 5.36. The number of fused-ring (bicyclic) bond motifs is 5. The average molecular weight is 731 g/mol. The van der Waals surface area contributed by atoms with Gasteiger partial charge in [0.1, 0.15) is 0 Å². The number of ketones is 2. The summed E-state index contributed by atoms with van der Waals surface area (Å²) >= 11 is 8.74. The number of carbonyl (C=O) groups excluding carboxylic acids is 2. The van der Waals surface area contributed by atoms with Crippen LogP contribution in [0, 0.1) is 0 Å². The summed E-state index contributed by atoms with van der Waals surface area (Å²) in [5.74, 6) is -0.176. The van der Waals surface area contributed by atoms with Gasteiger partial charge in [0.2, 0.25) is 11.6 Å². The van der Waals surface area contributed by atoms with Crippen molar-refractivity contribution < 1.29 is 9.59 Å². The van der Waals surface area contributed by atoms with Gasteiger partial charge in [-0.1, -0.05) is 106 Å². The molecule has 4 aromatic carbocycles. The molecule has 0 saturated carbocycles. The molecule has 0 fully saturated rings. The third-order valence-corrected chi connectivity index (χ3v) is 14.0. The molecule has 0 aliphatic carbocycles. The van der Waals surface area contributed by atoms with Crippen LogP contribution in [-0.2, 0) is 0 Å². The van der Waals surface area contributed by atoms with E-state index in [0.29, 0.717) is 21.1 Å². The van der Waals surface area contributed by atoms with Crippen LogP contribution in [0.25, 0.3) is 70.6 Å². The van der Waals surface area contributed by atoms with Gasteiger partial charge in [0.15, 0.2) is 49.4 Å². The molecule has 10 aromatic rings. The number of aromatic nitrogens is 6. The van der Waals surface area contributed by atoms with Crippen LogP contribution in [0.2, 0.25) is 0 Å². The lowest BCUT2D eigenvalue weighted by Crippen LogP contribution is -1.99. The van der Waals surface area contributed by atoms with Gasteiger partial charge in [0.05, 0.1) is 20.4 Å².